The Bertz CT molecular complexity index is 632. The predicted octanol–water partition coefficient (Wildman–Crippen LogP) is 2.32. The maximum atomic E-state index is 12.6. The molecule has 0 saturated carbocycles. The van der Waals surface area contributed by atoms with Gasteiger partial charge in [-0.3, -0.25) is 4.79 Å². The third kappa shape index (κ3) is 4.14. The summed E-state index contributed by atoms with van der Waals surface area (Å²) in [6.45, 7) is 0.198. The number of methoxy groups -OCH3 is 1. The molecule has 1 amide bonds. The van der Waals surface area contributed by atoms with Gasteiger partial charge in [-0.1, -0.05) is 52.9 Å². The molecule has 144 valence electrons. The number of halogens is 4. The zero-order valence-corrected chi connectivity index (χ0v) is 15.8. The summed E-state index contributed by atoms with van der Waals surface area (Å²) < 4.78 is 59.8. The van der Waals surface area contributed by atoms with Crippen LogP contribution in [0.2, 0.25) is 0 Å². The first-order chi connectivity index (χ1) is 12.3. The maximum absolute atomic E-state index is 12.6. The van der Waals surface area contributed by atoms with E-state index in [0.29, 0.717) is 0 Å². The van der Waals surface area contributed by atoms with Crippen LogP contribution in [0.15, 0.2) is 30.3 Å². The summed E-state index contributed by atoms with van der Waals surface area (Å²) >= 11 is 1.96. The van der Waals surface area contributed by atoms with Crippen LogP contribution in [0, 0.1) is 0 Å². The number of amides is 1. The lowest BCUT2D eigenvalue weighted by Crippen LogP contribution is -2.65. The molecule has 0 spiro atoms. The Morgan fingerprint density at radius 1 is 1.27 bits per heavy atom. The van der Waals surface area contributed by atoms with Gasteiger partial charge in [0.1, 0.15) is 12.2 Å². The minimum Gasteiger partial charge on any atom is -0.354 e. The molecule has 0 aliphatic carbocycles. The number of hydrogen-bond donors (Lipinski definition) is 1. The Hall–Kier alpha value is -0.950. The molecule has 1 aromatic carbocycles. The van der Waals surface area contributed by atoms with E-state index in [2.05, 4.69) is 0 Å². The quantitative estimate of drug-likeness (QED) is 0.524. The summed E-state index contributed by atoms with van der Waals surface area (Å²) in [6, 6.07) is 8.16. The van der Waals surface area contributed by atoms with E-state index in [0.717, 1.165) is 5.56 Å². The maximum Gasteiger partial charge on any atom is 0.471 e. The van der Waals surface area contributed by atoms with Crippen molar-refractivity contribution >= 4 is 28.5 Å². The van der Waals surface area contributed by atoms with E-state index >= 15 is 0 Å². The van der Waals surface area contributed by atoms with Crippen molar-refractivity contribution in [3.05, 3.63) is 35.9 Å². The van der Waals surface area contributed by atoms with Crippen molar-refractivity contribution in [2.24, 2.45) is 0 Å². The van der Waals surface area contributed by atoms with Gasteiger partial charge in [0.05, 0.1) is 16.6 Å². The lowest BCUT2D eigenvalue weighted by molar-refractivity contribution is -0.315. The van der Waals surface area contributed by atoms with Gasteiger partial charge in [-0.2, -0.15) is 13.2 Å². The largest absolute Gasteiger partial charge is 0.471 e. The Labute approximate surface area is 161 Å². The van der Waals surface area contributed by atoms with Crippen LogP contribution in [0.25, 0.3) is 0 Å². The zero-order chi connectivity index (χ0) is 18.9. The van der Waals surface area contributed by atoms with Gasteiger partial charge in [0.2, 0.25) is 0 Å². The highest BCUT2D eigenvalue weighted by Crippen LogP contribution is 2.37. The van der Waals surface area contributed by atoms with Crippen LogP contribution < -0.4 is 5.32 Å². The van der Waals surface area contributed by atoms with E-state index in [1.807, 2.05) is 58.2 Å². The fraction of sp³-hybridized carbons (Fsp3) is 0.562. The second-order valence-corrected chi connectivity index (χ2v) is 7.34. The second kappa shape index (κ2) is 7.97. The Morgan fingerprint density at radius 2 is 1.96 bits per heavy atom. The number of benzene rings is 1. The van der Waals surface area contributed by atoms with Gasteiger partial charge in [-0.15, -0.1) is 0 Å². The van der Waals surface area contributed by atoms with Crippen LogP contribution >= 0.6 is 22.6 Å². The number of fused-ring (bicyclic) bond motifs is 1. The second-order valence-electron chi connectivity index (χ2n) is 5.90. The normalized spacial score (nSPS) is 34.8. The van der Waals surface area contributed by atoms with Crippen LogP contribution in [-0.4, -0.2) is 54.3 Å². The number of nitrogens with one attached hydrogen (secondary N) is 1. The zero-order valence-electron chi connectivity index (χ0n) is 13.6. The molecule has 1 aromatic rings. The molecule has 6 atom stereocenters. The highest BCUT2D eigenvalue weighted by Gasteiger charge is 2.51. The number of ether oxygens (including phenoxy) is 4. The summed E-state index contributed by atoms with van der Waals surface area (Å²) in [6.07, 6.45) is -7.77. The Kier molecular flexibility index (Phi) is 6.07. The summed E-state index contributed by atoms with van der Waals surface area (Å²) in [5, 5.41) is 1.95. The van der Waals surface area contributed by atoms with E-state index in [9.17, 15) is 18.0 Å². The standard InChI is InChI=1S/C16H17F3INO5/c1-23-14-11(21-15(22)16(17,18)19)10(20)12-9(25-14)7-24-13(26-12)8-5-3-2-4-6-8/h2-6,9-14H,7H2,1H3,(H,21,22)/t9-,10-,11+,12-,13?,14+/m1/s1. The lowest BCUT2D eigenvalue weighted by Gasteiger charge is -2.47. The van der Waals surface area contributed by atoms with E-state index in [1.54, 1.807) is 0 Å². The van der Waals surface area contributed by atoms with Crippen molar-refractivity contribution in [1.29, 1.82) is 0 Å². The van der Waals surface area contributed by atoms with E-state index < -0.39 is 46.8 Å². The van der Waals surface area contributed by atoms with Crippen molar-refractivity contribution in [2.75, 3.05) is 13.7 Å². The minimum absolute atomic E-state index is 0.198. The predicted molar refractivity (Wildman–Crippen MR) is 91.5 cm³/mol. The molecule has 0 bridgehead atoms. The summed E-state index contributed by atoms with van der Waals surface area (Å²) in [4.78, 5) is 11.4. The highest BCUT2D eigenvalue weighted by atomic mass is 127. The van der Waals surface area contributed by atoms with Gasteiger partial charge in [-0.25, -0.2) is 0 Å². The SMILES string of the molecule is CO[C@H]1O[C@@H]2COC(c3ccccc3)O[C@H]2[C@H](I)[C@@H]1NC(=O)C(F)(F)F. The van der Waals surface area contributed by atoms with E-state index in [1.165, 1.54) is 7.11 Å². The summed E-state index contributed by atoms with van der Waals surface area (Å²) in [7, 11) is 1.30. The molecule has 2 saturated heterocycles. The van der Waals surface area contributed by atoms with Gasteiger partial charge < -0.3 is 24.3 Å². The number of rotatable bonds is 3. The topological polar surface area (TPSA) is 66.0 Å². The van der Waals surface area contributed by atoms with Crippen molar-refractivity contribution in [2.45, 2.75) is 40.9 Å². The molecule has 1 unspecified atom stereocenters. The molecular weight excluding hydrogens is 470 g/mol. The fourth-order valence-corrected chi connectivity index (χ4v) is 4.07. The van der Waals surface area contributed by atoms with Gasteiger partial charge in [0.15, 0.2) is 12.6 Å². The van der Waals surface area contributed by atoms with Crippen LogP contribution in [0.3, 0.4) is 0 Å². The van der Waals surface area contributed by atoms with Crippen molar-refractivity contribution in [3.63, 3.8) is 0 Å². The van der Waals surface area contributed by atoms with Crippen LogP contribution in [0.4, 0.5) is 13.2 Å². The van der Waals surface area contributed by atoms with Crippen molar-refractivity contribution < 1.29 is 36.9 Å². The lowest BCUT2D eigenvalue weighted by atomic mass is 9.99. The van der Waals surface area contributed by atoms with Gasteiger partial charge in [0, 0.05) is 12.7 Å². The molecule has 0 radical (unpaired) electrons. The number of alkyl halides is 4. The molecule has 2 aliphatic rings. The van der Waals surface area contributed by atoms with Crippen LogP contribution in [-0.2, 0) is 23.7 Å². The molecule has 0 aromatic heterocycles. The third-order valence-corrected chi connectivity index (χ3v) is 5.66. The summed E-state index contributed by atoms with van der Waals surface area (Å²) in [5.74, 6) is -2.04. The number of carbonyl (C=O) groups excluding carboxylic acids is 1. The molecule has 10 heteroatoms. The molecule has 1 N–H and O–H groups in total. The Balaban J connectivity index is 1.76. The molecule has 2 aliphatic heterocycles. The summed E-state index contributed by atoms with van der Waals surface area (Å²) in [5.41, 5.74) is 0.791. The van der Waals surface area contributed by atoms with Gasteiger partial charge in [0.25, 0.3) is 0 Å². The van der Waals surface area contributed by atoms with Gasteiger partial charge >= 0.3 is 12.1 Å². The first-order valence-electron chi connectivity index (χ1n) is 7.83. The Morgan fingerprint density at radius 3 is 2.58 bits per heavy atom. The number of carbonyl (C=O) groups is 1. The smallest absolute Gasteiger partial charge is 0.354 e. The molecule has 2 fully saturated rings. The van der Waals surface area contributed by atoms with E-state index in [4.69, 9.17) is 18.9 Å². The number of hydrogen-bond acceptors (Lipinski definition) is 5. The monoisotopic (exact) mass is 487 g/mol. The fourth-order valence-electron chi connectivity index (χ4n) is 2.92. The average molecular weight is 487 g/mol. The first-order valence-corrected chi connectivity index (χ1v) is 9.08. The molecule has 2 heterocycles. The van der Waals surface area contributed by atoms with E-state index in [-0.39, 0.29) is 6.61 Å². The molecule has 6 nitrogen and oxygen atoms in total. The van der Waals surface area contributed by atoms with Gasteiger partial charge in [-0.05, 0) is 0 Å². The highest BCUT2D eigenvalue weighted by molar-refractivity contribution is 14.1. The molecule has 3 rings (SSSR count). The van der Waals surface area contributed by atoms with Crippen molar-refractivity contribution in [1.82, 2.24) is 5.32 Å². The average Bonchev–Trinajstić information content (AvgIpc) is 2.63. The van der Waals surface area contributed by atoms with Crippen LogP contribution in [0.5, 0.6) is 0 Å². The third-order valence-electron chi connectivity index (χ3n) is 4.18. The first kappa shape index (κ1) is 19.8. The van der Waals surface area contributed by atoms with Crippen molar-refractivity contribution in [3.8, 4) is 0 Å². The van der Waals surface area contributed by atoms with Crippen LogP contribution in [0.1, 0.15) is 11.9 Å². The molecule has 26 heavy (non-hydrogen) atoms. The minimum atomic E-state index is -4.99. The molecular formula is C16H17F3INO5.